The standard InChI is InChI=1S/C24H24N6O4S2/c1-33-19-7-9-21(31)15(11-19)13-25-29-23(35)27-17-3-5-18(6-4-17)28-24(36)30-26-14-16-12-20(34-2)8-10-22(16)32/h3-14,31-32H,1-2H3,(H2,27,29,35)(H2,28,30,36)/b25-13+,26-14+. The molecule has 0 bridgehead atoms. The van der Waals surface area contributed by atoms with E-state index in [4.69, 9.17) is 33.9 Å². The van der Waals surface area contributed by atoms with Crippen molar-refractivity contribution in [2.45, 2.75) is 0 Å². The van der Waals surface area contributed by atoms with E-state index in [9.17, 15) is 10.2 Å². The van der Waals surface area contributed by atoms with E-state index in [1.807, 2.05) is 0 Å². The number of aromatic hydroxyl groups is 2. The van der Waals surface area contributed by atoms with Gasteiger partial charge in [-0.15, -0.1) is 0 Å². The van der Waals surface area contributed by atoms with Gasteiger partial charge in [-0.05, 0) is 85.1 Å². The van der Waals surface area contributed by atoms with Crippen LogP contribution in [-0.2, 0) is 0 Å². The zero-order chi connectivity index (χ0) is 25.9. The molecule has 0 aliphatic carbocycles. The highest BCUT2D eigenvalue weighted by Gasteiger charge is 2.03. The first-order chi connectivity index (χ1) is 17.4. The number of hydrogen-bond donors (Lipinski definition) is 6. The number of benzene rings is 3. The molecule has 3 rings (SSSR count). The number of hydrazone groups is 2. The molecule has 0 saturated heterocycles. The second kappa shape index (κ2) is 12.9. The van der Waals surface area contributed by atoms with Crippen LogP contribution < -0.4 is 31.0 Å². The molecule has 186 valence electrons. The first-order valence-electron chi connectivity index (χ1n) is 10.4. The summed E-state index contributed by atoms with van der Waals surface area (Å²) in [6.07, 6.45) is 2.87. The average Bonchev–Trinajstić information content (AvgIpc) is 2.87. The molecule has 6 N–H and O–H groups in total. The number of ether oxygens (including phenoxy) is 2. The Balaban J connectivity index is 1.47. The van der Waals surface area contributed by atoms with E-state index < -0.39 is 0 Å². The normalized spacial score (nSPS) is 10.7. The summed E-state index contributed by atoms with van der Waals surface area (Å²) in [5.41, 5.74) is 7.79. The zero-order valence-corrected chi connectivity index (χ0v) is 21.0. The van der Waals surface area contributed by atoms with E-state index in [-0.39, 0.29) is 21.7 Å². The van der Waals surface area contributed by atoms with Gasteiger partial charge in [-0.2, -0.15) is 10.2 Å². The highest BCUT2D eigenvalue weighted by Crippen LogP contribution is 2.22. The van der Waals surface area contributed by atoms with Crippen LogP contribution in [0.1, 0.15) is 11.1 Å². The fourth-order valence-electron chi connectivity index (χ4n) is 2.80. The smallest absolute Gasteiger partial charge is 0.191 e. The highest BCUT2D eigenvalue weighted by molar-refractivity contribution is 7.80. The van der Waals surface area contributed by atoms with Gasteiger partial charge in [0.1, 0.15) is 23.0 Å². The van der Waals surface area contributed by atoms with Crippen LogP contribution in [0.3, 0.4) is 0 Å². The number of phenols is 2. The molecule has 0 aromatic heterocycles. The Kier molecular flexibility index (Phi) is 9.37. The Morgan fingerprint density at radius 1 is 0.694 bits per heavy atom. The lowest BCUT2D eigenvalue weighted by atomic mass is 10.2. The van der Waals surface area contributed by atoms with Crippen molar-refractivity contribution in [3.63, 3.8) is 0 Å². The maximum Gasteiger partial charge on any atom is 0.191 e. The first-order valence-corrected chi connectivity index (χ1v) is 11.2. The second-order valence-electron chi connectivity index (χ2n) is 7.08. The molecule has 0 heterocycles. The third-order valence-electron chi connectivity index (χ3n) is 4.61. The van der Waals surface area contributed by atoms with Crippen molar-refractivity contribution >= 4 is 58.5 Å². The molecule has 0 radical (unpaired) electrons. The van der Waals surface area contributed by atoms with Gasteiger partial charge in [-0.25, -0.2) is 0 Å². The van der Waals surface area contributed by atoms with Crippen LogP contribution in [0.15, 0.2) is 70.9 Å². The summed E-state index contributed by atoms with van der Waals surface area (Å²) in [5, 5.41) is 34.4. The lowest BCUT2D eigenvalue weighted by molar-refractivity contribution is 0.412. The minimum Gasteiger partial charge on any atom is -0.507 e. The van der Waals surface area contributed by atoms with Crippen molar-refractivity contribution in [1.82, 2.24) is 10.9 Å². The Morgan fingerprint density at radius 2 is 1.08 bits per heavy atom. The molecule has 0 atom stereocenters. The summed E-state index contributed by atoms with van der Waals surface area (Å²) in [6.45, 7) is 0. The van der Waals surface area contributed by atoms with Crippen LogP contribution in [0.4, 0.5) is 11.4 Å². The Labute approximate surface area is 218 Å². The van der Waals surface area contributed by atoms with Crippen molar-refractivity contribution in [3.05, 3.63) is 71.8 Å². The highest BCUT2D eigenvalue weighted by atomic mass is 32.1. The van der Waals surface area contributed by atoms with Gasteiger partial charge in [0.25, 0.3) is 0 Å². The van der Waals surface area contributed by atoms with E-state index in [0.717, 1.165) is 11.4 Å². The van der Waals surface area contributed by atoms with E-state index in [1.54, 1.807) is 62.8 Å². The van der Waals surface area contributed by atoms with Crippen molar-refractivity contribution < 1.29 is 19.7 Å². The molecular weight excluding hydrogens is 500 g/mol. The maximum absolute atomic E-state index is 9.88. The Morgan fingerprint density at radius 3 is 1.44 bits per heavy atom. The number of nitrogens with one attached hydrogen (secondary N) is 4. The predicted octanol–water partition coefficient (Wildman–Crippen LogP) is 3.76. The zero-order valence-electron chi connectivity index (χ0n) is 19.4. The van der Waals surface area contributed by atoms with E-state index >= 15 is 0 Å². The number of phenolic OH excluding ortho intramolecular Hbond substituents is 2. The molecule has 0 saturated carbocycles. The number of methoxy groups -OCH3 is 2. The Bertz CT molecular complexity index is 1180. The van der Waals surface area contributed by atoms with Crippen molar-refractivity contribution in [3.8, 4) is 23.0 Å². The van der Waals surface area contributed by atoms with E-state index in [0.29, 0.717) is 22.6 Å². The van der Waals surface area contributed by atoms with Gasteiger partial charge < -0.3 is 30.3 Å². The number of rotatable bonds is 8. The molecule has 3 aromatic rings. The molecule has 3 aromatic carbocycles. The maximum atomic E-state index is 9.88. The monoisotopic (exact) mass is 524 g/mol. The third-order valence-corrected chi connectivity index (χ3v) is 5.00. The van der Waals surface area contributed by atoms with Crippen LogP contribution in [-0.4, -0.2) is 47.1 Å². The van der Waals surface area contributed by atoms with Crippen molar-refractivity contribution in [2.24, 2.45) is 10.2 Å². The number of anilines is 2. The SMILES string of the molecule is COc1ccc(O)c(/C=N/NC(=S)Nc2ccc(NC(=S)N/N=C/c3cc(OC)ccc3O)cc2)c1. The predicted molar refractivity (Wildman–Crippen MR) is 150 cm³/mol. The fourth-order valence-corrected chi connectivity index (χ4v) is 3.14. The van der Waals surface area contributed by atoms with Gasteiger partial charge in [0.2, 0.25) is 0 Å². The van der Waals surface area contributed by atoms with Crippen LogP contribution in [0.2, 0.25) is 0 Å². The van der Waals surface area contributed by atoms with Gasteiger partial charge in [-0.3, -0.25) is 10.9 Å². The average molecular weight is 525 g/mol. The molecule has 0 aliphatic rings. The van der Waals surface area contributed by atoms with Gasteiger partial charge in [0.05, 0.1) is 26.6 Å². The molecular formula is C24H24N6O4S2. The molecule has 0 unspecified atom stereocenters. The summed E-state index contributed by atoms with van der Waals surface area (Å²) < 4.78 is 10.3. The summed E-state index contributed by atoms with van der Waals surface area (Å²) in [7, 11) is 3.08. The molecule has 10 nitrogen and oxygen atoms in total. The Hall–Kier alpha value is -4.42. The van der Waals surface area contributed by atoms with Gasteiger partial charge in [0.15, 0.2) is 10.2 Å². The van der Waals surface area contributed by atoms with Gasteiger partial charge in [-0.1, -0.05) is 0 Å². The lowest BCUT2D eigenvalue weighted by Crippen LogP contribution is -2.24. The third kappa shape index (κ3) is 7.82. The summed E-state index contributed by atoms with van der Waals surface area (Å²) in [4.78, 5) is 0. The number of hydrogen-bond acceptors (Lipinski definition) is 8. The second-order valence-corrected chi connectivity index (χ2v) is 7.89. The van der Waals surface area contributed by atoms with Gasteiger partial charge >= 0.3 is 0 Å². The van der Waals surface area contributed by atoms with Crippen LogP contribution >= 0.6 is 24.4 Å². The van der Waals surface area contributed by atoms with Crippen LogP contribution in [0, 0.1) is 0 Å². The molecule has 36 heavy (non-hydrogen) atoms. The van der Waals surface area contributed by atoms with Crippen molar-refractivity contribution in [2.75, 3.05) is 24.9 Å². The van der Waals surface area contributed by atoms with Crippen molar-refractivity contribution in [1.29, 1.82) is 0 Å². The molecule has 0 spiro atoms. The number of thiocarbonyl (C=S) groups is 2. The summed E-state index contributed by atoms with van der Waals surface area (Å²) in [5.74, 6) is 1.34. The number of nitrogens with zero attached hydrogens (tertiary/aromatic N) is 2. The largest absolute Gasteiger partial charge is 0.507 e. The van der Waals surface area contributed by atoms with Crippen LogP contribution in [0.5, 0.6) is 23.0 Å². The summed E-state index contributed by atoms with van der Waals surface area (Å²) >= 11 is 10.5. The quantitative estimate of drug-likeness (QED) is 0.147. The lowest BCUT2D eigenvalue weighted by Gasteiger charge is -2.10. The topological polar surface area (TPSA) is 132 Å². The summed E-state index contributed by atoms with van der Waals surface area (Å²) in [6, 6.07) is 16.8. The molecule has 0 amide bonds. The fraction of sp³-hybridized carbons (Fsp3) is 0.0833. The van der Waals surface area contributed by atoms with E-state index in [1.165, 1.54) is 24.6 Å². The molecule has 0 aliphatic heterocycles. The van der Waals surface area contributed by atoms with Crippen LogP contribution in [0.25, 0.3) is 0 Å². The molecule has 0 fully saturated rings. The molecule has 12 heteroatoms. The minimum atomic E-state index is 0.0693. The van der Waals surface area contributed by atoms with E-state index in [2.05, 4.69) is 31.7 Å². The van der Waals surface area contributed by atoms with Gasteiger partial charge in [0, 0.05) is 22.5 Å². The first kappa shape index (κ1) is 26.2. The minimum absolute atomic E-state index is 0.0693.